The van der Waals surface area contributed by atoms with Crippen molar-refractivity contribution >= 4 is 55.0 Å². The normalized spacial score (nSPS) is 11.3. The summed E-state index contributed by atoms with van der Waals surface area (Å²) < 4.78 is 4.55. The number of hydrogen-bond donors (Lipinski definition) is 0. The molecule has 0 N–H and O–H groups in total. The van der Waals surface area contributed by atoms with Crippen LogP contribution in [0.25, 0.3) is 86.9 Å². The molecule has 0 aliphatic carbocycles. The number of para-hydroxylation sites is 4. The third-order valence-electron chi connectivity index (χ3n) is 9.33. The maximum absolute atomic E-state index is 8.08. The first-order valence-electron chi connectivity index (χ1n) is 15.8. The average Bonchev–Trinajstić information content (AvgIpc) is 3.67. The van der Waals surface area contributed by atoms with Crippen LogP contribution in [-0.2, 0) is 0 Å². The van der Waals surface area contributed by atoms with Crippen molar-refractivity contribution in [3.8, 4) is 33.6 Å². The summed E-state index contributed by atoms with van der Waals surface area (Å²) in [4.78, 5) is 7.77. The van der Waals surface area contributed by atoms with Crippen LogP contribution in [0.3, 0.4) is 0 Å². The lowest BCUT2D eigenvalue weighted by molar-refractivity contribution is 1.18. The van der Waals surface area contributed by atoms with Gasteiger partial charge in [-0.1, -0.05) is 109 Å². The molecule has 0 spiro atoms. The van der Waals surface area contributed by atoms with E-state index in [4.69, 9.17) is 13.1 Å². The van der Waals surface area contributed by atoms with E-state index in [0.717, 1.165) is 55.7 Å². The zero-order valence-corrected chi connectivity index (χ0v) is 25.8. The predicted molar refractivity (Wildman–Crippen MR) is 199 cm³/mol. The molecule has 0 radical (unpaired) electrons. The topological polar surface area (TPSA) is 18.6 Å². The zero-order chi connectivity index (χ0) is 32.2. The Morgan fingerprint density at radius 2 is 0.854 bits per heavy atom. The Balaban J connectivity index is 1.31. The van der Waals surface area contributed by atoms with Crippen LogP contribution in [0.1, 0.15) is 0 Å². The van der Waals surface area contributed by atoms with Gasteiger partial charge in [-0.3, -0.25) is 0 Å². The van der Waals surface area contributed by atoms with Gasteiger partial charge in [-0.2, -0.15) is 0 Å². The largest absolute Gasteiger partial charge is 0.310 e. The van der Waals surface area contributed by atoms with Gasteiger partial charge in [0.15, 0.2) is 11.4 Å². The summed E-state index contributed by atoms with van der Waals surface area (Å²) in [5.41, 5.74) is 11.4. The number of aromatic nitrogens is 2. The van der Waals surface area contributed by atoms with E-state index in [-0.39, 0.29) is 0 Å². The van der Waals surface area contributed by atoms with Gasteiger partial charge in [0.05, 0.1) is 35.2 Å². The summed E-state index contributed by atoms with van der Waals surface area (Å²) in [6.45, 7) is 16.0. The van der Waals surface area contributed by atoms with Crippen LogP contribution in [0.2, 0.25) is 0 Å². The molecule has 0 aliphatic heterocycles. The highest BCUT2D eigenvalue weighted by molar-refractivity contribution is 6.11. The molecule has 0 bridgehead atoms. The van der Waals surface area contributed by atoms with Gasteiger partial charge in [0.25, 0.3) is 0 Å². The van der Waals surface area contributed by atoms with Gasteiger partial charge in [-0.15, -0.1) is 0 Å². The van der Waals surface area contributed by atoms with Gasteiger partial charge in [0.2, 0.25) is 0 Å². The molecule has 222 valence electrons. The van der Waals surface area contributed by atoms with Crippen molar-refractivity contribution < 1.29 is 0 Å². The van der Waals surface area contributed by atoms with Crippen molar-refractivity contribution in [2.45, 2.75) is 0 Å². The third kappa shape index (κ3) is 4.14. The van der Waals surface area contributed by atoms with E-state index in [1.54, 1.807) is 0 Å². The zero-order valence-electron chi connectivity index (χ0n) is 25.8. The van der Waals surface area contributed by atoms with Gasteiger partial charge in [-0.25, -0.2) is 9.69 Å². The Kier molecular flexibility index (Phi) is 6.22. The van der Waals surface area contributed by atoms with Crippen molar-refractivity contribution in [3.05, 3.63) is 181 Å². The number of nitrogens with zero attached hydrogens (tertiary/aromatic N) is 4. The fourth-order valence-electron chi connectivity index (χ4n) is 7.30. The molecular formula is C44H26N4. The van der Waals surface area contributed by atoms with E-state index in [0.29, 0.717) is 11.4 Å². The first kappa shape index (κ1) is 27.4. The third-order valence-corrected chi connectivity index (χ3v) is 9.33. The molecule has 4 heteroatoms. The maximum Gasteiger partial charge on any atom is 0.189 e. The smallest absolute Gasteiger partial charge is 0.189 e. The Morgan fingerprint density at radius 3 is 1.40 bits per heavy atom. The average molecular weight is 611 g/mol. The minimum absolute atomic E-state index is 0.574. The molecule has 0 unspecified atom stereocenters. The second-order valence-electron chi connectivity index (χ2n) is 11.9. The quantitative estimate of drug-likeness (QED) is 0.177. The van der Waals surface area contributed by atoms with E-state index < -0.39 is 0 Å². The Morgan fingerprint density at radius 1 is 0.375 bits per heavy atom. The highest BCUT2D eigenvalue weighted by atomic mass is 15.0. The van der Waals surface area contributed by atoms with Crippen LogP contribution in [-0.4, -0.2) is 9.13 Å². The Bertz CT molecular complexity index is 2710. The van der Waals surface area contributed by atoms with Crippen molar-refractivity contribution in [2.75, 3.05) is 0 Å². The molecule has 9 rings (SSSR count). The van der Waals surface area contributed by atoms with Crippen molar-refractivity contribution in [1.29, 1.82) is 0 Å². The standard InChI is InChI=1S/C44H26N4/c1-45-30-23-24-39(44(28-30)48-42-21-11-7-17-37(42)38-18-8-12-22-43(38)48)34-14-4-3-13-33(34)29-25-31(46-2)27-32(26-29)47-40-19-9-5-15-35(40)36-16-6-10-20-41(36)47/h3-28H. The molecule has 0 saturated carbocycles. The number of hydrogen-bond acceptors (Lipinski definition) is 0. The second kappa shape index (κ2) is 10.9. The first-order valence-corrected chi connectivity index (χ1v) is 15.8. The summed E-state index contributed by atoms with van der Waals surface area (Å²) in [6.07, 6.45) is 0. The van der Waals surface area contributed by atoms with Crippen LogP contribution in [0, 0.1) is 13.1 Å². The molecule has 0 amide bonds. The number of fused-ring (bicyclic) bond motifs is 6. The summed E-state index contributed by atoms with van der Waals surface area (Å²) in [7, 11) is 0. The minimum atomic E-state index is 0.574. The molecule has 48 heavy (non-hydrogen) atoms. The predicted octanol–water partition coefficient (Wildman–Crippen LogP) is 12.3. The summed E-state index contributed by atoms with van der Waals surface area (Å²) in [5.74, 6) is 0. The van der Waals surface area contributed by atoms with Crippen LogP contribution in [0.4, 0.5) is 11.4 Å². The highest BCUT2D eigenvalue weighted by Gasteiger charge is 2.19. The van der Waals surface area contributed by atoms with Gasteiger partial charge < -0.3 is 9.13 Å². The van der Waals surface area contributed by atoms with E-state index in [1.165, 1.54) is 21.5 Å². The summed E-state index contributed by atoms with van der Waals surface area (Å²) in [5, 5.41) is 4.69. The minimum Gasteiger partial charge on any atom is -0.310 e. The molecule has 2 heterocycles. The van der Waals surface area contributed by atoms with Gasteiger partial charge in [0.1, 0.15) is 0 Å². The van der Waals surface area contributed by atoms with Crippen molar-refractivity contribution in [1.82, 2.24) is 9.13 Å². The molecule has 0 atom stereocenters. The second-order valence-corrected chi connectivity index (χ2v) is 11.9. The van der Waals surface area contributed by atoms with Crippen molar-refractivity contribution in [2.24, 2.45) is 0 Å². The highest BCUT2D eigenvalue weighted by Crippen LogP contribution is 2.42. The fraction of sp³-hybridized carbons (Fsp3) is 0. The van der Waals surface area contributed by atoms with Crippen LogP contribution < -0.4 is 0 Å². The van der Waals surface area contributed by atoms with Gasteiger partial charge in [-0.05, 0) is 65.2 Å². The fourth-order valence-corrected chi connectivity index (χ4v) is 7.30. The van der Waals surface area contributed by atoms with E-state index in [2.05, 4.69) is 152 Å². The lowest BCUT2D eigenvalue weighted by atomic mass is 9.92. The lowest BCUT2D eigenvalue weighted by Gasteiger charge is -2.18. The molecular weight excluding hydrogens is 585 g/mol. The summed E-state index contributed by atoms with van der Waals surface area (Å²) in [6, 6.07) is 54.3. The molecule has 0 aliphatic rings. The molecule has 4 nitrogen and oxygen atoms in total. The van der Waals surface area contributed by atoms with E-state index in [9.17, 15) is 0 Å². The Hall–Kier alpha value is -6.88. The molecule has 2 aromatic heterocycles. The van der Waals surface area contributed by atoms with E-state index >= 15 is 0 Å². The first-order chi connectivity index (χ1) is 23.7. The van der Waals surface area contributed by atoms with Crippen LogP contribution >= 0.6 is 0 Å². The van der Waals surface area contributed by atoms with Crippen LogP contribution in [0.5, 0.6) is 0 Å². The molecule has 0 saturated heterocycles. The summed E-state index contributed by atoms with van der Waals surface area (Å²) >= 11 is 0. The SMILES string of the molecule is [C-]#[N+]c1cc(-c2ccccc2-c2ccc([N+]#[C-])cc2-n2c3ccccc3c3ccccc32)cc(-n2c3ccccc3c3ccccc32)c1. The molecule has 9 aromatic rings. The monoisotopic (exact) mass is 610 g/mol. The lowest BCUT2D eigenvalue weighted by Crippen LogP contribution is -1.98. The molecule has 7 aromatic carbocycles. The maximum atomic E-state index is 8.08. The van der Waals surface area contributed by atoms with Gasteiger partial charge in [0, 0.05) is 38.5 Å². The Labute approximate surface area is 277 Å². The van der Waals surface area contributed by atoms with Gasteiger partial charge >= 0.3 is 0 Å². The number of benzene rings is 7. The number of rotatable bonds is 4. The molecule has 0 fully saturated rings. The van der Waals surface area contributed by atoms with Crippen LogP contribution in [0.15, 0.2) is 158 Å². The van der Waals surface area contributed by atoms with Crippen molar-refractivity contribution in [3.63, 3.8) is 0 Å². The van der Waals surface area contributed by atoms with E-state index in [1.807, 2.05) is 24.3 Å².